The number of nitrogens with zero attached hydrogens (tertiary/aromatic N) is 2. The van der Waals surface area contributed by atoms with Gasteiger partial charge in [0.05, 0.1) is 23.4 Å². The van der Waals surface area contributed by atoms with Crippen molar-refractivity contribution in [1.82, 2.24) is 4.90 Å². The average molecular weight is 261 g/mol. The molecule has 1 rings (SSSR count). The van der Waals surface area contributed by atoms with Crippen LogP contribution in [0.2, 0.25) is 0 Å². The number of hydrogen-bond acceptors (Lipinski definition) is 4. The van der Waals surface area contributed by atoms with Crippen molar-refractivity contribution < 1.29 is 0 Å². The smallest absolute Gasteiger partial charge is 0.0772 e. The highest BCUT2D eigenvalue weighted by atomic mass is 32.1. The zero-order valence-electron chi connectivity index (χ0n) is 10.9. The second kappa shape index (κ2) is 7.89. The van der Waals surface area contributed by atoms with Crippen molar-refractivity contribution in [1.29, 1.82) is 5.26 Å². The summed E-state index contributed by atoms with van der Waals surface area (Å²) >= 11 is 1.70. The number of nitriles is 1. The first-order valence-electron chi connectivity index (χ1n) is 6.09. The van der Waals surface area contributed by atoms with Gasteiger partial charge in [0.1, 0.15) is 0 Å². The summed E-state index contributed by atoms with van der Waals surface area (Å²) in [6.07, 6.45) is 0. The summed E-state index contributed by atoms with van der Waals surface area (Å²) in [6.45, 7) is 7.12. The summed E-state index contributed by atoms with van der Waals surface area (Å²) < 4.78 is 0. The van der Waals surface area contributed by atoms with E-state index < -0.39 is 0 Å². The van der Waals surface area contributed by atoms with Crippen molar-refractivity contribution in [3.8, 4) is 17.9 Å². The maximum atomic E-state index is 8.84. The monoisotopic (exact) mass is 261 g/mol. The van der Waals surface area contributed by atoms with Crippen LogP contribution in [0.1, 0.15) is 23.6 Å². The van der Waals surface area contributed by atoms with Gasteiger partial charge in [-0.05, 0) is 25.6 Å². The van der Waals surface area contributed by atoms with Gasteiger partial charge in [0.25, 0.3) is 0 Å². The zero-order valence-corrected chi connectivity index (χ0v) is 11.8. The Morgan fingerprint density at radius 2 is 2.28 bits per heavy atom. The third-order valence-electron chi connectivity index (χ3n) is 2.55. The van der Waals surface area contributed by atoms with E-state index >= 15 is 0 Å². The maximum Gasteiger partial charge on any atom is 0.0772 e. The molecule has 0 spiro atoms. The Morgan fingerprint density at radius 3 is 2.89 bits per heavy atom. The van der Waals surface area contributed by atoms with E-state index in [4.69, 9.17) is 11.0 Å². The topological polar surface area (TPSA) is 53.0 Å². The van der Waals surface area contributed by atoms with Crippen LogP contribution in [-0.4, -0.2) is 24.5 Å². The molecule has 1 aromatic heterocycles. The Kier molecular flexibility index (Phi) is 6.46. The van der Waals surface area contributed by atoms with Gasteiger partial charge in [-0.25, -0.2) is 0 Å². The van der Waals surface area contributed by atoms with Crippen LogP contribution < -0.4 is 5.73 Å². The van der Waals surface area contributed by atoms with Gasteiger partial charge >= 0.3 is 0 Å². The van der Waals surface area contributed by atoms with Crippen molar-refractivity contribution in [2.45, 2.75) is 20.4 Å². The van der Waals surface area contributed by atoms with E-state index in [1.165, 1.54) is 4.88 Å². The number of nitrogens with two attached hydrogens (primary N) is 1. The minimum atomic E-state index is 0.0708. The van der Waals surface area contributed by atoms with Gasteiger partial charge in [-0.3, -0.25) is 4.90 Å². The average Bonchev–Trinajstić information content (AvgIpc) is 2.82. The quantitative estimate of drug-likeness (QED) is 0.825. The van der Waals surface area contributed by atoms with Gasteiger partial charge in [0.15, 0.2) is 0 Å². The van der Waals surface area contributed by atoms with Gasteiger partial charge in [-0.15, -0.1) is 11.3 Å². The third-order valence-corrected chi connectivity index (χ3v) is 3.54. The zero-order chi connectivity index (χ0) is 13.4. The van der Waals surface area contributed by atoms with Gasteiger partial charge < -0.3 is 5.73 Å². The molecule has 1 aromatic rings. The molecule has 4 heteroatoms. The Morgan fingerprint density at radius 1 is 1.50 bits per heavy atom. The van der Waals surface area contributed by atoms with E-state index in [0.29, 0.717) is 6.54 Å². The summed E-state index contributed by atoms with van der Waals surface area (Å²) in [7, 11) is 0. The Hall–Kier alpha value is -1.33. The molecule has 0 aliphatic heterocycles. The lowest BCUT2D eigenvalue weighted by Crippen LogP contribution is -2.27. The van der Waals surface area contributed by atoms with E-state index in [2.05, 4.69) is 35.8 Å². The first-order valence-corrected chi connectivity index (χ1v) is 6.90. The van der Waals surface area contributed by atoms with Crippen LogP contribution in [0.3, 0.4) is 0 Å². The summed E-state index contributed by atoms with van der Waals surface area (Å²) in [4.78, 5) is 4.61. The molecule has 0 aromatic carbocycles. The van der Waals surface area contributed by atoms with E-state index in [1.54, 1.807) is 11.3 Å². The minimum Gasteiger partial charge on any atom is -0.320 e. The summed E-state index contributed by atoms with van der Waals surface area (Å²) in [5.74, 6) is 5.97. The van der Waals surface area contributed by atoms with Crippen molar-refractivity contribution in [3.05, 3.63) is 21.9 Å². The number of hydrogen-bond donors (Lipinski definition) is 1. The molecule has 0 radical (unpaired) electrons. The first-order chi connectivity index (χ1) is 8.69. The van der Waals surface area contributed by atoms with Crippen molar-refractivity contribution in [2.75, 3.05) is 19.6 Å². The SMILES string of the molecule is CCN(Cc1ccc(C#CCN)s1)CC(C)C#N. The molecule has 96 valence electrons. The minimum absolute atomic E-state index is 0.0708. The van der Waals surface area contributed by atoms with Crippen LogP contribution in [0, 0.1) is 29.1 Å². The van der Waals surface area contributed by atoms with E-state index in [1.807, 2.05) is 13.0 Å². The molecule has 1 heterocycles. The standard InChI is InChI=1S/C14H19N3S/c1-3-17(10-12(2)9-16)11-14-7-6-13(18-14)5-4-8-15/h6-7,12H,3,8,10-11,15H2,1-2H3. The van der Waals surface area contributed by atoms with Crippen LogP contribution in [0.4, 0.5) is 0 Å². The molecular formula is C14H19N3S. The molecule has 1 atom stereocenters. The van der Waals surface area contributed by atoms with Crippen LogP contribution in [0.5, 0.6) is 0 Å². The summed E-state index contributed by atoms with van der Waals surface area (Å²) in [6, 6.07) is 6.41. The molecular weight excluding hydrogens is 242 g/mol. The first kappa shape index (κ1) is 14.7. The van der Waals surface area contributed by atoms with Gasteiger partial charge in [-0.1, -0.05) is 18.8 Å². The van der Waals surface area contributed by atoms with E-state index in [0.717, 1.165) is 24.5 Å². The molecule has 0 saturated heterocycles. The molecule has 0 amide bonds. The fourth-order valence-electron chi connectivity index (χ4n) is 1.62. The lowest BCUT2D eigenvalue weighted by atomic mass is 10.2. The van der Waals surface area contributed by atoms with Crippen LogP contribution >= 0.6 is 11.3 Å². The van der Waals surface area contributed by atoms with Crippen LogP contribution in [-0.2, 0) is 6.54 Å². The third kappa shape index (κ3) is 4.89. The molecule has 0 aliphatic carbocycles. The van der Waals surface area contributed by atoms with Gasteiger partial charge in [0.2, 0.25) is 0 Å². The largest absolute Gasteiger partial charge is 0.320 e. The fourth-order valence-corrected chi connectivity index (χ4v) is 2.55. The van der Waals surface area contributed by atoms with Gasteiger partial charge in [0, 0.05) is 18.0 Å². The second-order valence-electron chi connectivity index (χ2n) is 4.13. The summed E-state index contributed by atoms with van der Waals surface area (Å²) in [5.41, 5.74) is 5.35. The van der Waals surface area contributed by atoms with Crippen molar-refractivity contribution >= 4 is 11.3 Å². The lowest BCUT2D eigenvalue weighted by molar-refractivity contribution is 0.262. The molecule has 3 nitrogen and oxygen atoms in total. The van der Waals surface area contributed by atoms with E-state index in [-0.39, 0.29) is 5.92 Å². The highest BCUT2D eigenvalue weighted by molar-refractivity contribution is 7.12. The molecule has 1 unspecified atom stereocenters. The molecule has 0 aliphatic rings. The predicted molar refractivity (Wildman–Crippen MR) is 76.0 cm³/mol. The van der Waals surface area contributed by atoms with Crippen molar-refractivity contribution in [2.24, 2.45) is 11.7 Å². The van der Waals surface area contributed by atoms with E-state index in [9.17, 15) is 0 Å². The Bertz CT molecular complexity index is 461. The number of rotatable bonds is 5. The molecule has 0 fully saturated rings. The van der Waals surface area contributed by atoms with Gasteiger partial charge in [-0.2, -0.15) is 5.26 Å². The Balaban J connectivity index is 2.59. The number of thiophene rings is 1. The molecule has 2 N–H and O–H groups in total. The normalized spacial score (nSPS) is 11.7. The second-order valence-corrected chi connectivity index (χ2v) is 5.30. The maximum absolute atomic E-state index is 8.84. The fraction of sp³-hybridized carbons (Fsp3) is 0.500. The van der Waals surface area contributed by atoms with Crippen LogP contribution in [0.15, 0.2) is 12.1 Å². The van der Waals surface area contributed by atoms with Crippen molar-refractivity contribution in [3.63, 3.8) is 0 Å². The molecule has 18 heavy (non-hydrogen) atoms. The molecule has 0 bridgehead atoms. The predicted octanol–water partition coefficient (Wildman–Crippen LogP) is 2.04. The highest BCUT2D eigenvalue weighted by Crippen LogP contribution is 2.17. The molecule has 0 saturated carbocycles. The summed E-state index contributed by atoms with van der Waals surface area (Å²) in [5, 5.41) is 8.84. The van der Waals surface area contributed by atoms with Crippen LogP contribution in [0.25, 0.3) is 0 Å². The Labute approximate surface area is 113 Å². The highest BCUT2D eigenvalue weighted by Gasteiger charge is 2.09. The lowest BCUT2D eigenvalue weighted by Gasteiger charge is -2.20.